The Morgan fingerprint density at radius 3 is 2.62 bits per heavy atom. The van der Waals surface area contributed by atoms with E-state index in [4.69, 9.17) is 5.73 Å². The highest BCUT2D eigenvalue weighted by Crippen LogP contribution is 2.50. The highest BCUT2D eigenvalue weighted by molar-refractivity contribution is 5.77. The summed E-state index contributed by atoms with van der Waals surface area (Å²) in [4.78, 5) is 4.47. The Hall–Kier alpha value is -0.730. The highest BCUT2D eigenvalue weighted by atomic mass is 15.1. The van der Waals surface area contributed by atoms with Gasteiger partial charge in [0.25, 0.3) is 0 Å². The largest absolute Gasteiger partial charge is 0.370 e. The third-order valence-corrected chi connectivity index (χ3v) is 3.22. The molecule has 0 aromatic heterocycles. The van der Waals surface area contributed by atoms with Gasteiger partial charge in [-0.3, -0.25) is 4.99 Å². The van der Waals surface area contributed by atoms with Crippen LogP contribution < -0.4 is 11.1 Å². The van der Waals surface area contributed by atoms with Crippen molar-refractivity contribution in [3.63, 3.8) is 0 Å². The molecule has 3 N–H and O–H groups in total. The van der Waals surface area contributed by atoms with Crippen molar-refractivity contribution in [2.24, 2.45) is 22.1 Å². The van der Waals surface area contributed by atoms with E-state index in [0.717, 1.165) is 25.4 Å². The predicted molar refractivity (Wildman–Crippen MR) is 70.5 cm³/mol. The smallest absolute Gasteiger partial charge is 0.188 e. The van der Waals surface area contributed by atoms with E-state index < -0.39 is 0 Å². The lowest BCUT2D eigenvalue weighted by Crippen LogP contribution is -2.33. The van der Waals surface area contributed by atoms with E-state index in [1.165, 1.54) is 25.7 Å². The number of hydrogen-bond acceptors (Lipinski definition) is 1. The average Bonchev–Trinajstić information content (AvgIpc) is 2.95. The molecule has 1 aliphatic rings. The molecular weight excluding hydrogens is 198 g/mol. The molecule has 0 unspecified atom stereocenters. The van der Waals surface area contributed by atoms with Gasteiger partial charge in [0.1, 0.15) is 0 Å². The van der Waals surface area contributed by atoms with E-state index in [1.807, 2.05) is 0 Å². The van der Waals surface area contributed by atoms with Crippen molar-refractivity contribution in [1.29, 1.82) is 0 Å². The molecule has 0 saturated heterocycles. The fraction of sp³-hybridized carbons (Fsp3) is 0.923. The van der Waals surface area contributed by atoms with Crippen molar-refractivity contribution >= 4 is 5.96 Å². The lowest BCUT2D eigenvalue weighted by atomic mass is 9.94. The van der Waals surface area contributed by atoms with Gasteiger partial charge in [-0.15, -0.1) is 0 Å². The van der Waals surface area contributed by atoms with E-state index in [1.54, 1.807) is 0 Å². The molecule has 0 bridgehead atoms. The first kappa shape index (κ1) is 13.3. The van der Waals surface area contributed by atoms with E-state index in [2.05, 4.69) is 31.1 Å². The zero-order valence-electron chi connectivity index (χ0n) is 11.1. The van der Waals surface area contributed by atoms with Gasteiger partial charge in [0.15, 0.2) is 5.96 Å². The Kier molecular flexibility index (Phi) is 5.10. The van der Waals surface area contributed by atoms with Gasteiger partial charge in [0, 0.05) is 13.1 Å². The van der Waals surface area contributed by atoms with E-state index in [-0.39, 0.29) is 0 Å². The molecular formula is C13H27N3. The third-order valence-electron chi connectivity index (χ3n) is 3.22. The van der Waals surface area contributed by atoms with Crippen LogP contribution in [0.3, 0.4) is 0 Å². The van der Waals surface area contributed by atoms with Gasteiger partial charge in [-0.2, -0.15) is 0 Å². The first-order valence-electron chi connectivity index (χ1n) is 6.62. The molecule has 0 heterocycles. The Bertz CT molecular complexity index is 229. The predicted octanol–water partition coefficient (Wildman–Crippen LogP) is 2.52. The van der Waals surface area contributed by atoms with Crippen molar-refractivity contribution < 1.29 is 0 Å². The van der Waals surface area contributed by atoms with Gasteiger partial charge in [0.2, 0.25) is 0 Å². The second-order valence-corrected chi connectivity index (χ2v) is 5.58. The number of rotatable bonds is 7. The van der Waals surface area contributed by atoms with Crippen LogP contribution in [0.5, 0.6) is 0 Å². The maximum absolute atomic E-state index is 5.82. The molecule has 0 radical (unpaired) electrons. The lowest BCUT2D eigenvalue weighted by molar-refractivity contribution is 0.398. The summed E-state index contributed by atoms with van der Waals surface area (Å²) in [5.41, 5.74) is 6.31. The first-order valence-corrected chi connectivity index (χ1v) is 6.62. The number of hydrogen-bond donors (Lipinski definition) is 2. The number of guanidine groups is 1. The van der Waals surface area contributed by atoms with E-state index in [0.29, 0.717) is 11.4 Å². The molecule has 3 nitrogen and oxygen atoms in total. The molecule has 0 spiro atoms. The monoisotopic (exact) mass is 225 g/mol. The van der Waals surface area contributed by atoms with Crippen LogP contribution in [0.15, 0.2) is 4.99 Å². The Morgan fingerprint density at radius 2 is 2.12 bits per heavy atom. The van der Waals surface area contributed by atoms with Crippen LogP contribution in [0.2, 0.25) is 0 Å². The summed E-state index contributed by atoms with van der Waals surface area (Å²) in [6.45, 7) is 8.61. The van der Waals surface area contributed by atoms with Crippen LogP contribution in [-0.2, 0) is 0 Å². The SMILES string of the molecule is CCCCNC(N)=NCC1(CC(C)C)CC1. The minimum Gasteiger partial charge on any atom is -0.370 e. The maximum Gasteiger partial charge on any atom is 0.188 e. The summed E-state index contributed by atoms with van der Waals surface area (Å²) in [5.74, 6) is 1.40. The van der Waals surface area contributed by atoms with E-state index >= 15 is 0 Å². The number of nitrogens with one attached hydrogen (secondary N) is 1. The van der Waals surface area contributed by atoms with E-state index in [9.17, 15) is 0 Å². The summed E-state index contributed by atoms with van der Waals surface area (Å²) in [7, 11) is 0. The minimum atomic E-state index is 0.491. The maximum atomic E-state index is 5.82. The minimum absolute atomic E-state index is 0.491. The van der Waals surface area contributed by atoms with Crippen molar-refractivity contribution in [2.75, 3.05) is 13.1 Å². The van der Waals surface area contributed by atoms with Crippen LogP contribution in [0.1, 0.15) is 52.9 Å². The number of unbranched alkanes of at least 4 members (excludes halogenated alkanes) is 1. The fourth-order valence-electron chi connectivity index (χ4n) is 2.17. The second kappa shape index (κ2) is 6.12. The fourth-order valence-corrected chi connectivity index (χ4v) is 2.17. The highest BCUT2D eigenvalue weighted by Gasteiger charge is 2.42. The quantitative estimate of drug-likeness (QED) is 0.397. The molecule has 1 aliphatic carbocycles. The lowest BCUT2D eigenvalue weighted by Gasteiger charge is -2.15. The summed E-state index contributed by atoms with van der Waals surface area (Å²) in [5, 5.41) is 3.16. The van der Waals surface area contributed by atoms with Gasteiger partial charge in [-0.1, -0.05) is 27.2 Å². The molecule has 1 saturated carbocycles. The zero-order chi connectivity index (χ0) is 12.0. The topological polar surface area (TPSA) is 50.4 Å². The number of aliphatic imine (C=N–C) groups is 1. The Morgan fingerprint density at radius 1 is 1.44 bits per heavy atom. The second-order valence-electron chi connectivity index (χ2n) is 5.58. The number of nitrogens with two attached hydrogens (primary N) is 1. The van der Waals surface area contributed by atoms with Gasteiger partial charge in [-0.05, 0) is 37.0 Å². The molecule has 1 fully saturated rings. The van der Waals surface area contributed by atoms with Crippen molar-refractivity contribution in [3.8, 4) is 0 Å². The third kappa shape index (κ3) is 4.86. The average molecular weight is 225 g/mol. The zero-order valence-corrected chi connectivity index (χ0v) is 11.1. The summed E-state index contributed by atoms with van der Waals surface area (Å²) in [6.07, 6.45) is 6.30. The molecule has 16 heavy (non-hydrogen) atoms. The molecule has 0 atom stereocenters. The van der Waals surface area contributed by atoms with Crippen LogP contribution in [-0.4, -0.2) is 19.0 Å². The standard InChI is InChI=1S/C13H27N3/c1-4-5-8-15-12(14)16-10-13(6-7-13)9-11(2)3/h11H,4-10H2,1-3H3,(H3,14,15,16). The van der Waals surface area contributed by atoms with Crippen LogP contribution in [0.25, 0.3) is 0 Å². The Labute approximate surface area is 99.9 Å². The molecule has 0 aromatic carbocycles. The van der Waals surface area contributed by atoms with Crippen molar-refractivity contribution in [1.82, 2.24) is 5.32 Å². The van der Waals surface area contributed by atoms with Crippen molar-refractivity contribution in [2.45, 2.75) is 52.9 Å². The van der Waals surface area contributed by atoms with Gasteiger partial charge in [-0.25, -0.2) is 0 Å². The molecule has 3 heteroatoms. The first-order chi connectivity index (χ1) is 7.58. The Balaban J connectivity index is 2.23. The van der Waals surface area contributed by atoms with Crippen LogP contribution in [0, 0.1) is 11.3 Å². The van der Waals surface area contributed by atoms with Crippen LogP contribution in [0.4, 0.5) is 0 Å². The molecule has 94 valence electrons. The van der Waals surface area contributed by atoms with Gasteiger partial charge >= 0.3 is 0 Å². The normalized spacial score (nSPS) is 18.9. The summed E-state index contributed by atoms with van der Waals surface area (Å²) in [6, 6.07) is 0. The van der Waals surface area contributed by atoms with Crippen LogP contribution >= 0.6 is 0 Å². The molecule has 0 amide bonds. The number of nitrogens with zero attached hydrogens (tertiary/aromatic N) is 1. The molecule has 0 aromatic rings. The molecule has 0 aliphatic heterocycles. The summed E-state index contributed by atoms with van der Waals surface area (Å²) >= 11 is 0. The van der Waals surface area contributed by atoms with Crippen molar-refractivity contribution in [3.05, 3.63) is 0 Å². The van der Waals surface area contributed by atoms with Gasteiger partial charge in [0.05, 0.1) is 0 Å². The van der Waals surface area contributed by atoms with Gasteiger partial charge < -0.3 is 11.1 Å². The molecule has 1 rings (SSSR count). The summed E-state index contributed by atoms with van der Waals surface area (Å²) < 4.78 is 0.